The number of nitro groups is 1. The average Bonchev–Trinajstić information content (AvgIpc) is 2.40. The Kier molecular flexibility index (Phi) is 3.95. The van der Waals surface area contributed by atoms with Crippen LogP contribution in [0.4, 0.5) is 5.69 Å². The molecule has 0 unspecified atom stereocenters. The summed E-state index contributed by atoms with van der Waals surface area (Å²) in [4.78, 5) is 24.9. The normalized spacial score (nSPS) is 10.1. The van der Waals surface area contributed by atoms with Crippen molar-refractivity contribution in [2.45, 2.75) is 6.92 Å². The van der Waals surface area contributed by atoms with E-state index in [1.165, 1.54) is 24.4 Å². The van der Waals surface area contributed by atoms with Crippen LogP contribution in [0.2, 0.25) is 5.02 Å². The highest BCUT2D eigenvalue weighted by Crippen LogP contribution is 2.34. The number of halogens is 1. The van der Waals surface area contributed by atoms with E-state index in [-0.39, 0.29) is 17.3 Å². The van der Waals surface area contributed by atoms with E-state index in [1.807, 2.05) is 0 Å². The van der Waals surface area contributed by atoms with Crippen molar-refractivity contribution in [1.29, 1.82) is 0 Å². The highest BCUT2D eigenvalue weighted by molar-refractivity contribution is 6.30. The summed E-state index contributed by atoms with van der Waals surface area (Å²) in [6.07, 6.45) is 1.98. The Morgan fingerprint density at radius 2 is 2.15 bits per heavy atom. The van der Waals surface area contributed by atoms with Crippen molar-refractivity contribution >= 4 is 23.6 Å². The number of nitrogens with zero attached hydrogens (tertiary/aromatic N) is 2. The molecule has 102 valence electrons. The van der Waals surface area contributed by atoms with Crippen molar-refractivity contribution < 1.29 is 14.5 Å². The van der Waals surface area contributed by atoms with Crippen LogP contribution in [-0.4, -0.2) is 16.2 Å². The molecule has 0 saturated carbocycles. The number of aldehydes is 1. The number of carbonyl (C=O) groups is 1. The number of aryl methyl sites for hydroxylation is 1. The first-order chi connectivity index (χ1) is 9.51. The van der Waals surface area contributed by atoms with Gasteiger partial charge in [-0.2, -0.15) is 0 Å². The van der Waals surface area contributed by atoms with E-state index in [4.69, 9.17) is 16.3 Å². The summed E-state index contributed by atoms with van der Waals surface area (Å²) in [5.74, 6) is 0.179. The summed E-state index contributed by atoms with van der Waals surface area (Å²) in [5.41, 5.74) is 0.773. The molecule has 1 heterocycles. The van der Waals surface area contributed by atoms with E-state index < -0.39 is 4.92 Å². The van der Waals surface area contributed by atoms with Crippen molar-refractivity contribution in [3.05, 3.63) is 56.7 Å². The third kappa shape index (κ3) is 2.92. The Morgan fingerprint density at radius 3 is 2.75 bits per heavy atom. The van der Waals surface area contributed by atoms with Gasteiger partial charge < -0.3 is 4.74 Å². The smallest absolute Gasteiger partial charge is 0.311 e. The Balaban J connectivity index is 2.41. The summed E-state index contributed by atoms with van der Waals surface area (Å²) >= 11 is 5.81. The van der Waals surface area contributed by atoms with E-state index in [2.05, 4.69) is 4.98 Å². The van der Waals surface area contributed by atoms with Gasteiger partial charge in [-0.15, -0.1) is 0 Å². The number of hydrogen-bond donors (Lipinski definition) is 0. The Bertz CT molecular complexity index is 688. The van der Waals surface area contributed by atoms with Crippen LogP contribution in [0.1, 0.15) is 15.9 Å². The summed E-state index contributed by atoms with van der Waals surface area (Å²) in [6, 6.07) is 5.58. The second kappa shape index (κ2) is 5.66. The van der Waals surface area contributed by atoms with Crippen molar-refractivity contribution in [3.8, 4) is 11.6 Å². The molecular formula is C13H9ClN2O4. The lowest BCUT2D eigenvalue weighted by Gasteiger charge is -2.08. The maximum Gasteiger partial charge on any atom is 0.311 e. The number of pyridine rings is 1. The standard InChI is InChI=1S/C13H9ClN2O4/c1-8-4-9(7-17)6-15-13(8)20-12-5-10(14)2-3-11(12)16(18)19/h2-7H,1H3. The Labute approximate surface area is 119 Å². The zero-order valence-electron chi connectivity index (χ0n) is 10.4. The van der Waals surface area contributed by atoms with Gasteiger partial charge in [-0.05, 0) is 19.1 Å². The topological polar surface area (TPSA) is 82.3 Å². The van der Waals surface area contributed by atoms with E-state index >= 15 is 0 Å². The Hall–Kier alpha value is -2.47. The zero-order valence-corrected chi connectivity index (χ0v) is 11.1. The molecule has 0 amide bonds. The number of nitro benzene ring substituents is 1. The molecule has 1 aromatic heterocycles. The first kappa shape index (κ1) is 14.0. The second-order valence-corrected chi connectivity index (χ2v) is 4.42. The molecule has 0 atom stereocenters. The molecule has 2 rings (SSSR count). The molecule has 20 heavy (non-hydrogen) atoms. The molecule has 1 aromatic carbocycles. The predicted molar refractivity (Wildman–Crippen MR) is 72.5 cm³/mol. The van der Waals surface area contributed by atoms with Crippen LogP contribution in [0.5, 0.6) is 11.6 Å². The molecule has 2 aromatic rings. The van der Waals surface area contributed by atoms with Gasteiger partial charge in [0.2, 0.25) is 11.6 Å². The number of ether oxygens (including phenoxy) is 1. The maximum absolute atomic E-state index is 10.9. The second-order valence-electron chi connectivity index (χ2n) is 3.98. The molecule has 6 nitrogen and oxygen atoms in total. The molecular weight excluding hydrogens is 284 g/mol. The van der Waals surface area contributed by atoms with E-state index in [1.54, 1.807) is 13.0 Å². The van der Waals surface area contributed by atoms with Crippen molar-refractivity contribution in [3.63, 3.8) is 0 Å². The summed E-state index contributed by atoms with van der Waals surface area (Å²) in [7, 11) is 0. The minimum absolute atomic E-state index is 0.00282. The van der Waals surface area contributed by atoms with Gasteiger partial charge >= 0.3 is 5.69 Å². The molecule has 0 aliphatic rings. The number of carbonyl (C=O) groups excluding carboxylic acids is 1. The molecule has 0 spiro atoms. The number of hydrogen-bond acceptors (Lipinski definition) is 5. The number of benzene rings is 1. The van der Waals surface area contributed by atoms with Crippen LogP contribution >= 0.6 is 11.6 Å². The fourth-order valence-corrected chi connectivity index (χ4v) is 1.74. The van der Waals surface area contributed by atoms with E-state index in [0.717, 1.165) is 0 Å². The van der Waals surface area contributed by atoms with Crippen LogP contribution in [0.3, 0.4) is 0 Å². The van der Waals surface area contributed by atoms with Crippen LogP contribution < -0.4 is 4.74 Å². The van der Waals surface area contributed by atoms with Crippen LogP contribution in [0.15, 0.2) is 30.5 Å². The first-order valence-corrected chi connectivity index (χ1v) is 5.92. The lowest BCUT2D eigenvalue weighted by molar-refractivity contribution is -0.385. The van der Waals surface area contributed by atoms with Gasteiger partial charge in [0.1, 0.15) is 0 Å². The molecule has 0 aliphatic heterocycles. The average molecular weight is 293 g/mol. The van der Waals surface area contributed by atoms with E-state index in [0.29, 0.717) is 22.4 Å². The largest absolute Gasteiger partial charge is 0.431 e. The molecule has 0 bridgehead atoms. The summed E-state index contributed by atoms with van der Waals surface area (Å²) in [6.45, 7) is 1.69. The van der Waals surface area contributed by atoms with Crippen molar-refractivity contribution in [2.75, 3.05) is 0 Å². The third-order valence-corrected chi connectivity index (χ3v) is 2.75. The van der Waals surface area contributed by atoms with Crippen LogP contribution in [-0.2, 0) is 0 Å². The predicted octanol–water partition coefficient (Wildman–Crippen LogP) is 3.56. The van der Waals surface area contributed by atoms with Gasteiger partial charge in [0.05, 0.1) is 4.92 Å². The highest BCUT2D eigenvalue weighted by atomic mass is 35.5. The van der Waals surface area contributed by atoms with Crippen molar-refractivity contribution in [2.24, 2.45) is 0 Å². The molecule has 0 N–H and O–H groups in total. The maximum atomic E-state index is 10.9. The van der Waals surface area contributed by atoms with Crippen LogP contribution in [0, 0.1) is 17.0 Å². The lowest BCUT2D eigenvalue weighted by atomic mass is 10.2. The van der Waals surface area contributed by atoms with Gasteiger partial charge in [0.15, 0.2) is 6.29 Å². The highest BCUT2D eigenvalue weighted by Gasteiger charge is 2.17. The molecule has 0 aliphatic carbocycles. The minimum Gasteiger partial charge on any atom is -0.431 e. The quantitative estimate of drug-likeness (QED) is 0.489. The molecule has 0 saturated heterocycles. The molecule has 7 heteroatoms. The Morgan fingerprint density at radius 1 is 1.40 bits per heavy atom. The number of aromatic nitrogens is 1. The molecule has 0 radical (unpaired) electrons. The van der Waals surface area contributed by atoms with Gasteiger partial charge in [0, 0.05) is 34.5 Å². The summed E-state index contributed by atoms with van der Waals surface area (Å²) in [5, 5.41) is 11.2. The lowest BCUT2D eigenvalue weighted by Crippen LogP contribution is -1.97. The first-order valence-electron chi connectivity index (χ1n) is 5.55. The van der Waals surface area contributed by atoms with Gasteiger partial charge in [-0.25, -0.2) is 4.98 Å². The van der Waals surface area contributed by atoms with Crippen LogP contribution in [0.25, 0.3) is 0 Å². The zero-order chi connectivity index (χ0) is 14.7. The van der Waals surface area contributed by atoms with E-state index in [9.17, 15) is 14.9 Å². The third-order valence-electron chi connectivity index (χ3n) is 2.51. The minimum atomic E-state index is -0.569. The molecule has 0 fully saturated rings. The monoisotopic (exact) mass is 292 g/mol. The fraction of sp³-hybridized carbons (Fsp3) is 0.0769. The van der Waals surface area contributed by atoms with Gasteiger partial charge in [-0.3, -0.25) is 14.9 Å². The SMILES string of the molecule is Cc1cc(C=O)cnc1Oc1cc(Cl)ccc1[N+](=O)[O-]. The number of rotatable bonds is 4. The fourth-order valence-electron chi connectivity index (χ4n) is 1.58. The summed E-state index contributed by atoms with van der Waals surface area (Å²) < 4.78 is 5.43. The van der Waals surface area contributed by atoms with Crippen molar-refractivity contribution in [1.82, 2.24) is 4.98 Å². The van der Waals surface area contributed by atoms with Gasteiger partial charge in [-0.1, -0.05) is 11.6 Å². The van der Waals surface area contributed by atoms with Gasteiger partial charge in [0.25, 0.3) is 0 Å².